The van der Waals surface area contributed by atoms with Crippen molar-refractivity contribution in [1.29, 1.82) is 0 Å². The molecule has 0 aliphatic heterocycles. The number of hydrogen-bond donors (Lipinski definition) is 4. The third-order valence-electron chi connectivity index (χ3n) is 0.897. The van der Waals surface area contributed by atoms with Gasteiger partial charge in [0.15, 0.2) is 0 Å². The third kappa shape index (κ3) is 2.96. The first kappa shape index (κ1) is 9.62. The Balaban J connectivity index is 4.02. The summed E-state index contributed by atoms with van der Waals surface area (Å²) in [6, 6.07) is 0. The summed E-state index contributed by atoms with van der Waals surface area (Å²) in [5, 5.41) is 0. The molecule has 0 spiro atoms. The van der Waals surface area contributed by atoms with E-state index in [9.17, 15) is 0 Å². The highest BCUT2D eigenvalue weighted by Gasteiger charge is 2.31. The lowest BCUT2D eigenvalue weighted by molar-refractivity contribution is 0.974. The van der Waals surface area contributed by atoms with E-state index < -0.39 is 0 Å². The van der Waals surface area contributed by atoms with Gasteiger partial charge in [-0.05, 0) is 6.92 Å². The highest BCUT2D eigenvalue weighted by atomic mass is 32.2. The van der Waals surface area contributed by atoms with Crippen LogP contribution >= 0.6 is 50.5 Å². The van der Waals surface area contributed by atoms with Gasteiger partial charge in [-0.2, -0.15) is 50.5 Å². The molecule has 0 unspecified atom stereocenters. The lowest BCUT2D eigenvalue weighted by Crippen LogP contribution is -2.33. The second-order valence-electron chi connectivity index (χ2n) is 2.04. The fourth-order valence-electron chi connectivity index (χ4n) is 0. The van der Waals surface area contributed by atoms with Crippen LogP contribution in [0.1, 0.15) is 6.92 Å². The fraction of sp³-hybridized carbons (Fsp3) is 1.00. The minimum atomic E-state index is -0.383. The van der Waals surface area contributed by atoms with Crippen LogP contribution in [-0.4, -0.2) is 18.0 Å². The molecule has 0 fully saturated rings. The van der Waals surface area contributed by atoms with Gasteiger partial charge in [-0.3, -0.25) is 0 Å². The van der Waals surface area contributed by atoms with Gasteiger partial charge in [-0.15, -0.1) is 0 Å². The minimum absolute atomic E-state index is 0.306. The van der Waals surface area contributed by atoms with E-state index in [1.54, 1.807) is 0 Å². The van der Waals surface area contributed by atoms with Crippen molar-refractivity contribution in [3.05, 3.63) is 0 Å². The molecule has 0 N–H and O–H groups in total. The molecule has 0 radical (unpaired) electrons. The van der Waals surface area contributed by atoms with Crippen molar-refractivity contribution >= 4 is 60.8 Å². The Labute approximate surface area is 75.3 Å². The lowest BCUT2D eigenvalue weighted by atomic mass is 10.5. The van der Waals surface area contributed by atoms with Crippen LogP contribution in [0.3, 0.4) is 0 Å². The predicted octanol–water partition coefficient (Wildman–Crippen LogP) is 0.441. The van der Waals surface area contributed by atoms with E-state index in [1.807, 2.05) is 6.92 Å². The standard InChI is InChI=1S/C3H10S4Si/c1-2(4,5)3(6,7)8/h4-7H,1,8H3. The topological polar surface area (TPSA) is 0 Å². The van der Waals surface area contributed by atoms with Gasteiger partial charge in [0.2, 0.25) is 0 Å². The van der Waals surface area contributed by atoms with E-state index >= 15 is 0 Å². The molecule has 0 aliphatic rings. The van der Waals surface area contributed by atoms with E-state index in [0.717, 1.165) is 10.2 Å². The smallest absolute Gasteiger partial charge is 0.0717 e. The molecule has 0 amide bonds. The van der Waals surface area contributed by atoms with Crippen molar-refractivity contribution < 1.29 is 0 Å². The number of hydrogen-bond acceptors (Lipinski definition) is 4. The van der Waals surface area contributed by atoms with Crippen molar-refractivity contribution in [2.75, 3.05) is 0 Å². The second-order valence-corrected chi connectivity index (χ2v) is 9.51. The molecular weight excluding hydrogens is 192 g/mol. The Bertz CT molecular complexity index is 66.3. The molecule has 0 aromatic carbocycles. The van der Waals surface area contributed by atoms with Gasteiger partial charge < -0.3 is 0 Å². The van der Waals surface area contributed by atoms with Gasteiger partial charge in [-0.25, -0.2) is 0 Å². The van der Waals surface area contributed by atoms with Gasteiger partial charge >= 0.3 is 0 Å². The van der Waals surface area contributed by atoms with Crippen molar-refractivity contribution in [2.24, 2.45) is 0 Å². The zero-order valence-corrected chi connectivity index (χ0v) is 10.4. The molecule has 0 aliphatic carbocycles. The van der Waals surface area contributed by atoms with E-state index in [4.69, 9.17) is 0 Å². The molecule has 0 rings (SSSR count). The summed E-state index contributed by atoms with van der Waals surface area (Å²) < 4.78 is -0.690. The van der Waals surface area contributed by atoms with E-state index in [0.29, 0.717) is 0 Å². The molecule has 0 aromatic rings. The van der Waals surface area contributed by atoms with Crippen LogP contribution in [0.15, 0.2) is 0 Å². The first-order valence-electron chi connectivity index (χ1n) is 2.14. The summed E-state index contributed by atoms with van der Waals surface area (Å²) in [4.78, 5) is 0. The van der Waals surface area contributed by atoms with Gasteiger partial charge in [-0.1, -0.05) is 0 Å². The monoisotopic (exact) mass is 202 g/mol. The number of rotatable bonds is 1. The van der Waals surface area contributed by atoms with Crippen LogP contribution in [0, 0.1) is 0 Å². The Hall–Kier alpha value is 1.62. The Kier molecular flexibility index (Phi) is 3.24. The predicted molar refractivity (Wildman–Crippen MR) is 57.0 cm³/mol. The van der Waals surface area contributed by atoms with Crippen LogP contribution in [0.5, 0.6) is 0 Å². The molecular formula is C3H10S4Si. The van der Waals surface area contributed by atoms with Crippen LogP contribution < -0.4 is 0 Å². The summed E-state index contributed by atoms with van der Waals surface area (Å²) in [6.45, 7) is 1.88. The largest absolute Gasteiger partial charge is 0.164 e. The van der Waals surface area contributed by atoms with Crippen LogP contribution in [0.4, 0.5) is 0 Å². The second kappa shape index (κ2) is 2.70. The van der Waals surface area contributed by atoms with Crippen LogP contribution in [0.25, 0.3) is 0 Å². The molecule has 0 heterocycles. The summed E-state index contributed by atoms with van der Waals surface area (Å²) in [5.41, 5.74) is 0. The molecule has 0 atom stereocenters. The summed E-state index contributed by atoms with van der Waals surface area (Å²) in [5.74, 6) is 0. The van der Waals surface area contributed by atoms with E-state index in [1.165, 1.54) is 0 Å². The molecule has 0 saturated carbocycles. The maximum Gasteiger partial charge on any atom is 0.0717 e. The molecule has 0 bridgehead atoms. The van der Waals surface area contributed by atoms with Crippen molar-refractivity contribution in [3.63, 3.8) is 0 Å². The summed E-state index contributed by atoms with van der Waals surface area (Å²) in [6.07, 6.45) is 0. The Morgan fingerprint density at radius 3 is 1.25 bits per heavy atom. The number of thiol groups is 4. The van der Waals surface area contributed by atoms with E-state index in [2.05, 4.69) is 50.5 Å². The van der Waals surface area contributed by atoms with Gasteiger partial charge in [0.1, 0.15) is 0 Å². The molecule has 50 valence electrons. The SMILES string of the molecule is CC(S)(S)C([SiH3])(S)S. The van der Waals surface area contributed by atoms with Crippen LogP contribution in [-0.2, 0) is 0 Å². The third-order valence-corrected chi connectivity index (χ3v) is 5.23. The maximum atomic E-state index is 4.21. The van der Waals surface area contributed by atoms with Gasteiger partial charge in [0.25, 0.3) is 0 Å². The first-order chi connectivity index (χ1) is 3.25. The molecule has 0 saturated heterocycles. The normalized spacial score (nSPS) is 14.6. The molecule has 0 aromatic heterocycles. The first-order valence-corrected chi connectivity index (χ1v) is 4.93. The highest BCUT2D eigenvalue weighted by Crippen LogP contribution is 2.37. The minimum Gasteiger partial charge on any atom is -0.164 e. The lowest BCUT2D eigenvalue weighted by Gasteiger charge is -2.30. The fourth-order valence-corrected chi connectivity index (χ4v) is 0. The van der Waals surface area contributed by atoms with E-state index in [-0.39, 0.29) is 7.78 Å². The van der Waals surface area contributed by atoms with Crippen molar-refractivity contribution in [1.82, 2.24) is 0 Å². The highest BCUT2D eigenvalue weighted by molar-refractivity contribution is 8.09. The summed E-state index contributed by atoms with van der Waals surface area (Å²) >= 11 is 16.8. The maximum absolute atomic E-state index is 4.21. The van der Waals surface area contributed by atoms with Crippen molar-refractivity contribution in [3.8, 4) is 0 Å². The molecule has 0 nitrogen and oxygen atoms in total. The molecule has 8 heavy (non-hydrogen) atoms. The zero-order chi connectivity index (χ0) is 7.00. The Morgan fingerprint density at radius 1 is 1.12 bits per heavy atom. The average Bonchev–Trinajstić information content (AvgIpc) is 1.25. The van der Waals surface area contributed by atoms with Gasteiger partial charge in [0.05, 0.1) is 7.78 Å². The van der Waals surface area contributed by atoms with Crippen LogP contribution in [0.2, 0.25) is 0 Å². The van der Waals surface area contributed by atoms with Gasteiger partial charge in [0, 0.05) is 10.2 Å². The zero-order valence-electron chi connectivity index (χ0n) is 4.79. The quantitative estimate of drug-likeness (QED) is 0.265. The van der Waals surface area contributed by atoms with Crippen molar-refractivity contribution in [2.45, 2.75) is 14.7 Å². The Morgan fingerprint density at radius 2 is 1.25 bits per heavy atom. The molecule has 5 heteroatoms. The average molecular weight is 202 g/mol. The summed E-state index contributed by atoms with van der Waals surface area (Å²) in [7, 11) is 0.863.